The van der Waals surface area contributed by atoms with E-state index in [4.69, 9.17) is 0 Å². The fourth-order valence-corrected chi connectivity index (χ4v) is 1.98. The third-order valence-corrected chi connectivity index (χ3v) is 3.04. The second kappa shape index (κ2) is 6.80. The van der Waals surface area contributed by atoms with Gasteiger partial charge < -0.3 is 10.6 Å². The average Bonchev–Trinajstić information content (AvgIpc) is 2.28. The normalized spacial score (nSPS) is 19.1. The molecule has 4 heteroatoms. The van der Waals surface area contributed by atoms with E-state index < -0.39 is 0 Å². The standard InChI is InChI=1S/C11H23N3O/c1-3-13-8-10-4-6-14(7-5-10)9-11(15)12-2/h10,13H,3-9H2,1-2H3,(H,12,15). The summed E-state index contributed by atoms with van der Waals surface area (Å²) in [6.45, 7) is 7.00. The van der Waals surface area contributed by atoms with Gasteiger partial charge in [0.2, 0.25) is 5.91 Å². The molecular weight excluding hydrogens is 190 g/mol. The lowest BCUT2D eigenvalue weighted by molar-refractivity contribution is -0.122. The molecule has 1 rings (SSSR count). The SMILES string of the molecule is CCNCC1CCN(CC(=O)NC)CC1. The number of hydrogen-bond donors (Lipinski definition) is 2. The molecule has 0 bridgehead atoms. The number of nitrogens with one attached hydrogen (secondary N) is 2. The van der Waals surface area contributed by atoms with Crippen LogP contribution in [0.15, 0.2) is 0 Å². The van der Waals surface area contributed by atoms with Crippen molar-refractivity contribution in [2.45, 2.75) is 19.8 Å². The van der Waals surface area contributed by atoms with E-state index in [2.05, 4.69) is 22.5 Å². The molecule has 0 aromatic carbocycles. The summed E-state index contributed by atoms with van der Waals surface area (Å²) in [5.74, 6) is 0.922. The summed E-state index contributed by atoms with van der Waals surface area (Å²) in [6, 6.07) is 0. The van der Waals surface area contributed by atoms with E-state index in [1.54, 1.807) is 7.05 Å². The largest absolute Gasteiger partial charge is 0.358 e. The number of hydrogen-bond acceptors (Lipinski definition) is 3. The van der Waals surface area contributed by atoms with Crippen LogP contribution < -0.4 is 10.6 Å². The van der Waals surface area contributed by atoms with Crippen LogP contribution in [0.2, 0.25) is 0 Å². The lowest BCUT2D eigenvalue weighted by Crippen LogP contribution is -2.42. The molecular formula is C11H23N3O. The van der Waals surface area contributed by atoms with Gasteiger partial charge in [-0.2, -0.15) is 0 Å². The molecule has 88 valence electrons. The number of nitrogens with zero attached hydrogens (tertiary/aromatic N) is 1. The van der Waals surface area contributed by atoms with E-state index in [9.17, 15) is 4.79 Å². The van der Waals surface area contributed by atoms with Gasteiger partial charge in [0.1, 0.15) is 0 Å². The summed E-state index contributed by atoms with van der Waals surface area (Å²) in [4.78, 5) is 13.4. The molecule has 0 radical (unpaired) electrons. The quantitative estimate of drug-likeness (QED) is 0.678. The van der Waals surface area contributed by atoms with Crippen molar-refractivity contribution in [3.63, 3.8) is 0 Å². The Labute approximate surface area is 92.4 Å². The third kappa shape index (κ3) is 4.62. The van der Waals surface area contributed by atoms with Crippen LogP contribution in [0.1, 0.15) is 19.8 Å². The summed E-state index contributed by atoms with van der Waals surface area (Å²) in [6.07, 6.45) is 2.42. The Balaban J connectivity index is 2.15. The first-order chi connectivity index (χ1) is 7.26. The summed E-state index contributed by atoms with van der Waals surface area (Å²) in [7, 11) is 1.69. The number of amides is 1. The van der Waals surface area contributed by atoms with Crippen molar-refractivity contribution in [2.24, 2.45) is 5.92 Å². The second-order valence-corrected chi connectivity index (χ2v) is 4.20. The predicted molar refractivity (Wildman–Crippen MR) is 61.8 cm³/mol. The van der Waals surface area contributed by atoms with Crippen LogP contribution in [0.3, 0.4) is 0 Å². The van der Waals surface area contributed by atoms with Crippen LogP contribution in [0.5, 0.6) is 0 Å². The fourth-order valence-electron chi connectivity index (χ4n) is 1.98. The molecule has 1 aliphatic heterocycles. The molecule has 1 fully saturated rings. The Morgan fingerprint density at radius 2 is 2.07 bits per heavy atom. The second-order valence-electron chi connectivity index (χ2n) is 4.20. The first-order valence-electron chi connectivity index (χ1n) is 5.90. The van der Waals surface area contributed by atoms with Crippen molar-refractivity contribution < 1.29 is 4.79 Å². The van der Waals surface area contributed by atoms with E-state index in [0.717, 1.165) is 32.1 Å². The number of rotatable bonds is 5. The Hall–Kier alpha value is -0.610. The van der Waals surface area contributed by atoms with E-state index in [-0.39, 0.29) is 5.91 Å². The maximum absolute atomic E-state index is 11.2. The van der Waals surface area contributed by atoms with E-state index in [0.29, 0.717) is 6.54 Å². The number of piperidine rings is 1. The summed E-state index contributed by atoms with van der Waals surface area (Å²) in [5, 5.41) is 6.05. The lowest BCUT2D eigenvalue weighted by atomic mass is 9.97. The molecule has 1 heterocycles. The molecule has 4 nitrogen and oxygen atoms in total. The van der Waals surface area contributed by atoms with Crippen LogP contribution in [0.4, 0.5) is 0 Å². The smallest absolute Gasteiger partial charge is 0.233 e. The highest BCUT2D eigenvalue weighted by Gasteiger charge is 2.19. The minimum atomic E-state index is 0.125. The molecule has 1 amide bonds. The number of likely N-dealkylation sites (tertiary alicyclic amines) is 1. The van der Waals surface area contributed by atoms with Gasteiger partial charge in [-0.15, -0.1) is 0 Å². The van der Waals surface area contributed by atoms with Gasteiger partial charge in [0.15, 0.2) is 0 Å². The number of carbonyl (C=O) groups is 1. The minimum Gasteiger partial charge on any atom is -0.358 e. The summed E-state index contributed by atoms with van der Waals surface area (Å²) in [5.41, 5.74) is 0. The van der Waals surface area contributed by atoms with Gasteiger partial charge in [-0.05, 0) is 44.9 Å². The number of carbonyl (C=O) groups excluding carboxylic acids is 1. The predicted octanol–water partition coefficient (Wildman–Crippen LogP) is 0.0539. The molecule has 0 spiro atoms. The van der Waals surface area contributed by atoms with Crippen LogP contribution in [0, 0.1) is 5.92 Å². The van der Waals surface area contributed by atoms with Gasteiger partial charge in [-0.1, -0.05) is 6.92 Å². The Morgan fingerprint density at radius 3 is 2.60 bits per heavy atom. The zero-order chi connectivity index (χ0) is 11.1. The molecule has 15 heavy (non-hydrogen) atoms. The molecule has 2 N–H and O–H groups in total. The monoisotopic (exact) mass is 213 g/mol. The highest BCUT2D eigenvalue weighted by Crippen LogP contribution is 2.15. The highest BCUT2D eigenvalue weighted by molar-refractivity contribution is 5.77. The van der Waals surface area contributed by atoms with Crippen LogP contribution in [-0.4, -0.2) is 50.6 Å². The van der Waals surface area contributed by atoms with Crippen molar-refractivity contribution in [3.05, 3.63) is 0 Å². The van der Waals surface area contributed by atoms with Gasteiger partial charge in [0.05, 0.1) is 6.54 Å². The van der Waals surface area contributed by atoms with Crippen molar-refractivity contribution >= 4 is 5.91 Å². The van der Waals surface area contributed by atoms with Crippen LogP contribution in [-0.2, 0) is 4.79 Å². The van der Waals surface area contributed by atoms with Gasteiger partial charge in [-0.25, -0.2) is 0 Å². The molecule has 0 unspecified atom stereocenters. The first kappa shape index (κ1) is 12.5. The first-order valence-corrected chi connectivity index (χ1v) is 5.90. The van der Waals surface area contributed by atoms with E-state index in [1.807, 2.05) is 0 Å². The molecule has 1 aliphatic rings. The molecule has 1 saturated heterocycles. The molecule has 0 atom stereocenters. The lowest BCUT2D eigenvalue weighted by Gasteiger charge is -2.31. The topological polar surface area (TPSA) is 44.4 Å². The van der Waals surface area contributed by atoms with Gasteiger partial charge in [0.25, 0.3) is 0 Å². The van der Waals surface area contributed by atoms with E-state index >= 15 is 0 Å². The van der Waals surface area contributed by atoms with Crippen LogP contribution in [0.25, 0.3) is 0 Å². The van der Waals surface area contributed by atoms with Crippen molar-refractivity contribution in [1.29, 1.82) is 0 Å². The van der Waals surface area contributed by atoms with Gasteiger partial charge in [0, 0.05) is 7.05 Å². The van der Waals surface area contributed by atoms with Crippen molar-refractivity contribution in [3.8, 4) is 0 Å². The van der Waals surface area contributed by atoms with Gasteiger partial charge in [-0.3, -0.25) is 9.69 Å². The molecule has 0 saturated carbocycles. The molecule has 0 aromatic heterocycles. The summed E-state index contributed by atoms with van der Waals surface area (Å²) < 4.78 is 0. The Bertz CT molecular complexity index is 188. The van der Waals surface area contributed by atoms with E-state index in [1.165, 1.54) is 12.8 Å². The Kier molecular flexibility index (Phi) is 5.65. The van der Waals surface area contributed by atoms with Crippen molar-refractivity contribution in [2.75, 3.05) is 39.8 Å². The Morgan fingerprint density at radius 1 is 1.40 bits per heavy atom. The van der Waals surface area contributed by atoms with Crippen LogP contribution >= 0.6 is 0 Å². The molecule has 0 aromatic rings. The van der Waals surface area contributed by atoms with Crippen molar-refractivity contribution in [1.82, 2.24) is 15.5 Å². The third-order valence-electron chi connectivity index (χ3n) is 3.04. The number of likely N-dealkylation sites (N-methyl/N-ethyl adjacent to an activating group) is 1. The summed E-state index contributed by atoms with van der Waals surface area (Å²) >= 11 is 0. The minimum absolute atomic E-state index is 0.125. The maximum atomic E-state index is 11.2. The molecule has 0 aliphatic carbocycles. The fraction of sp³-hybridized carbons (Fsp3) is 0.909. The maximum Gasteiger partial charge on any atom is 0.233 e. The zero-order valence-corrected chi connectivity index (χ0v) is 9.88. The zero-order valence-electron chi connectivity index (χ0n) is 9.88. The van der Waals surface area contributed by atoms with Gasteiger partial charge >= 0.3 is 0 Å². The highest BCUT2D eigenvalue weighted by atomic mass is 16.1. The average molecular weight is 213 g/mol.